The molecule has 2 N–H and O–H groups in total. The molecule has 6 heteroatoms. The van der Waals surface area contributed by atoms with E-state index in [0.29, 0.717) is 6.54 Å². The van der Waals surface area contributed by atoms with E-state index in [1.165, 1.54) is 6.42 Å². The number of carbonyl (C=O) groups is 2. The molecule has 1 aromatic heterocycles. The number of amides is 2. The molecule has 6 nitrogen and oxygen atoms in total. The summed E-state index contributed by atoms with van der Waals surface area (Å²) in [5.74, 6) is 1.41. The number of hydrogen-bond acceptors (Lipinski definition) is 3. The van der Waals surface area contributed by atoms with E-state index in [1.807, 2.05) is 43.0 Å². The number of benzene rings is 1. The summed E-state index contributed by atoms with van der Waals surface area (Å²) in [4.78, 5) is 36.3. The van der Waals surface area contributed by atoms with Crippen LogP contribution in [0, 0.1) is 11.8 Å². The first-order valence-electron chi connectivity index (χ1n) is 11.6. The highest BCUT2D eigenvalue weighted by Crippen LogP contribution is 2.28. The third kappa shape index (κ3) is 4.52. The van der Waals surface area contributed by atoms with E-state index in [9.17, 15) is 9.59 Å². The monoisotopic (exact) mass is 410 g/mol. The molecule has 2 aliphatic rings. The zero-order chi connectivity index (χ0) is 21.1. The van der Waals surface area contributed by atoms with Crippen LogP contribution >= 0.6 is 0 Å². The fourth-order valence-corrected chi connectivity index (χ4v) is 4.91. The third-order valence-corrected chi connectivity index (χ3v) is 6.73. The van der Waals surface area contributed by atoms with Crippen LogP contribution in [-0.2, 0) is 9.59 Å². The van der Waals surface area contributed by atoms with Crippen LogP contribution < -0.4 is 5.32 Å². The number of piperidine rings is 1. The first kappa shape index (κ1) is 20.9. The Hall–Kier alpha value is -2.37. The molecule has 2 aromatic rings. The number of nitrogens with zero attached hydrogens (tertiary/aromatic N) is 2. The minimum Gasteiger partial charge on any atom is -0.344 e. The van der Waals surface area contributed by atoms with Gasteiger partial charge in [0.2, 0.25) is 11.8 Å². The van der Waals surface area contributed by atoms with Gasteiger partial charge in [-0.05, 0) is 43.7 Å². The van der Waals surface area contributed by atoms with E-state index in [0.717, 1.165) is 61.9 Å². The van der Waals surface area contributed by atoms with Crippen molar-refractivity contribution in [1.29, 1.82) is 0 Å². The van der Waals surface area contributed by atoms with Gasteiger partial charge in [-0.25, -0.2) is 4.98 Å². The molecule has 2 heterocycles. The van der Waals surface area contributed by atoms with Crippen molar-refractivity contribution in [2.75, 3.05) is 13.1 Å². The molecule has 0 bridgehead atoms. The van der Waals surface area contributed by atoms with E-state index < -0.39 is 6.04 Å². The number of aromatic nitrogens is 2. The Labute approximate surface area is 178 Å². The van der Waals surface area contributed by atoms with Crippen molar-refractivity contribution in [2.24, 2.45) is 11.8 Å². The number of rotatable bonds is 5. The number of carbonyl (C=O) groups excluding carboxylic acids is 2. The van der Waals surface area contributed by atoms with Crippen molar-refractivity contribution >= 4 is 22.8 Å². The lowest BCUT2D eigenvalue weighted by Crippen LogP contribution is -2.54. The van der Waals surface area contributed by atoms with Crippen LogP contribution in [0.5, 0.6) is 0 Å². The second kappa shape index (κ2) is 9.19. The van der Waals surface area contributed by atoms with Crippen LogP contribution in [-0.4, -0.2) is 45.8 Å². The van der Waals surface area contributed by atoms with Crippen LogP contribution in [0.25, 0.3) is 11.0 Å². The van der Waals surface area contributed by atoms with Gasteiger partial charge in [-0.2, -0.15) is 0 Å². The van der Waals surface area contributed by atoms with Gasteiger partial charge in [0.25, 0.3) is 0 Å². The minimum absolute atomic E-state index is 0.0509. The fourth-order valence-electron chi connectivity index (χ4n) is 4.91. The molecule has 2 amide bonds. The van der Waals surface area contributed by atoms with Crippen molar-refractivity contribution in [3.8, 4) is 0 Å². The topological polar surface area (TPSA) is 78.1 Å². The van der Waals surface area contributed by atoms with Gasteiger partial charge in [-0.15, -0.1) is 0 Å². The molecule has 1 saturated carbocycles. The largest absolute Gasteiger partial charge is 0.344 e. The van der Waals surface area contributed by atoms with Crippen LogP contribution in [0.3, 0.4) is 0 Å². The van der Waals surface area contributed by atoms with Crippen molar-refractivity contribution in [1.82, 2.24) is 20.2 Å². The predicted octanol–water partition coefficient (Wildman–Crippen LogP) is 3.99. The SMILES string of the molecule is CC(C)[C@H](NC(=O)C1CCCCC1)C(=O)N1CCC[C@@H](c2nc3ccccc3[nH]2)C1. The quantitative estimate of drug-likeness (QED) is 0.782. The molecule has 2 fully saturated rings. The molecule has 2 atom stereocenters. The lowest BCUT2D eigenvalue weighted by Gasteiger charge is -2.36. The van der Waals surface area contributed by atoms with E-state index in [1.54, 1.807) is 0 Å². The van der Waals surface area contributed by atoms with Gasteiger partial charge in [0, 0.05) is 24.9 Å². The molecule has 0 unspecified atom stereocenters. The summed E-state index contributed by atoms with van der Waals surface area (Å²) in [6.45, 7) is 5.44. The number of imidazole rings is 1. The molecule has 30 heavy (non-hydrogen) atoms. The fraction of sp³-hybridized carbons (Fsp3) is 0.625. The van der Waals surface area contributed by atoms with Crippen molar-refractivity contribution in [3.63, 3.8) is 0 Å². The molecule has 0 spiro atoms. The van der Waals surface area contributed by atoms with Crippen molar-refractivity contribution in [2.45, 2.75) is 70.8 Å². The first-order chi connectivity index (χ1) is 14.5. The van der Waals surface area contributed by atoms with Gasteiger partial charge in [-0.1, -0.05) is 45.2 Å². The lowest BCUT2D eigenvalue weighted by atomic mass is 9.88. The van der Waals surface area contributed by atoms with Crippen LogP contribution in [0.2, 0.25) is 0 Å². The maximum Gasteiger partial charge on any atom is 0.245 e. The number of nitrogens with one attached hydrogen (secondary N) is 2. The Bertz CT molecular complexity index is 851. The normalized spacial score (nSPS) is 21.7. The smallest absolute Gasteiger partial charge is 0.245 e. The minimum atomic E-state index is -0.450. The Morgan fingerprint density at radius 2 is 1.87 bits per heavy atom. The Balaban J connectivity index is 1.44. The lowest BCUT2D eigenvalue weighted by molar-refractivity contribution is -0.140. The predicted molar refractivity (Wildman–Crippen MR) is 118 cm³/mol. The van der Waals surface area contributed by atoms with Gasteiger partial charge in [0.15, 0.2) is 0 Å². The maximum absolute atomic E-state index is 13.4. The number of H-pyrrole nitrogens is 1. The summed E-state index contributed by atoms with van der Waals surface area (Å²) in [7, 11) is 0. The van der Waals surface area contributed by atoms with E-state index >= 15 is 0 Å². The molecule has 1 aliphatic carbocycles. The van der Waals surface area contributed by atoms with Gasteiger partial charge >= 0.3 is 0 Å². The molecule has 1 aliphatic heterocycles. The summed E-state index contributed by atoms with van der Waals surface area (Å²) >= 11 is 0. The second-order valence-corrected chi connectivity index (χ2v) is 9.33. The molecule has 162 valence electrons. The Morgan fingerprint density at radius 3 is 2.60 bits per heavy atom. The summed E-state index contributed by atoms with van der Waals surface area (Å²) in [5.41, 5.74) is 2.01. The van der Waals surface area contributed by atoms with Gasteiger partial charge in [0.05, 0.1) is 11.0 Å². The average molecular weight is 411 g/mol. The number of para-hydroxylation sites is 2. The van der Waals surface area contributed by atoms with Crippen LogP contribution in [0.15, 0.2) is 24.3 Å². The van der Waals surface area contributed by atoms with Gasteiger partial charge in [-0.3, -0.25) is 9.59 Å². The number of hydrogen-bond donors (Lipinski definition) is 2. The highest BCUT2D eigenvalue weighted by molar-refractivity contribution is 5.89. The zero-order valence-corrected chi connectivity index (χ0v) is 18.2. The molecule has 4 rings (SSSR count). The van der Waals surface area contributed by atoms with Gasteiger partial charge in [0.1, 0.15) is 11.9 Å². The second-order valence-electron chi connectivity index (χ2n) is 9.33. The van der Waals surface area contributed by atoms with E-state index in [2.05, 4.69) is 10.3 Å². The maximum atomic E-state index is 13.4. The Morgan fingerprint density at radius 1 is 1.10 bits per heavy atom. The highest BCUT2D eigenvalue weighted by Gasteiger charge is 2.34. The average Bonchev–Trinajstić information content (AvgIpc) is 3.22. The zero-order valence-electron chi connectivity index (χ0n) is 18.2. The number of likely N-dealkylation sites (tertiary alicyclic amines) is 1. The molecular weight excluding hydrogens is 376 g/mol. The molecule has 1 saturated heterocycles. The van der Waals surface area contributed by atoms with Crippen molar-refractivity contribution in [3.05, 3.63) is 30.1 Å². The van der Waals surface area contributed by atoms with E-state index in [4.69, 9.17) is 4.98 Å². The van der Waals surface area contributed by atoms with E-state index in [-0.39, 0.29) is 29.6 Å². The summed E-state index contributed by atoms with van der Waals surface area (Å²) < 4.78 is 0. The first-order valence-corrected chi connectivity index (χ1v) is 11.6. The van der Waals surface area contributed by atoms with Crippen LogP contribution in [0.1, 0.15) is 70.5 Å². The van der Waals surface area contributed by atoms with Crippen LogP contribution in [0.4, 0.5) is 0 Å². The number of fused-ring (bicyclic) bond motifs is 1. The summed E-state index contributed by atoms with van der Waals surface area (Å²) in [6.07, 6.45) is 7.31. The summed E-state index contributed by atoms with van der Waals surface area (Å²) in [6, 6.07) is 7.59. The molecule has 1 aromatic carbocycles. The Kier molecular flexibility index (Phi) is 6.40. The standard InChI is InChI=1S/C24H34N4O2/c1-16(2)21(27-23(29)17-9-4-3-5-10-17)24(30)28-14-8-11-18(15-28)22-25-19-12-6-7-13-20(19)26-22/h6-7,12-13,16-18,21H,3-5,8-11,14-15H2,1-2H3,(H,25,26)(H,27,29)/t18-,21+/m1/s1. The molecular formula is C24H34N4O2. The van der Waals surface area contributed by atoms with Crippen molar-refractivity contribution < 1.29 is 9.59 Å². The van der Waals surface area contributed by atoms with Gasteiger partial charge < -0.3 is 15.2 Å². The third-order valence-electron chi connectivity index (χ3n) is 6.73. The highest BCUT2D eigenvalue weighted by atomic mass is 16.2. The summed E-state index contributed by atoms with van der Waals surface area (Å²) in [5, 5.41) is 3.11. The number of aromatic amines is 1. The molecule has 0 radical (unpaired) electrons.